The van der Waals surface area contributed by atoms with E-state index in [0.717, 1.165) is 22.0 Å². The van der Waals surface area contributed by atoms with Crippen LogP contribution in [-0.2, 0) is 125 Å². The third kappa shape index (κ3) is 21.9. The fourth-order valence-electron chi connectivity index (χ4n) is 13.2. The molecule has 9 aromatic rings. The molecule has 61 heteroatoms. The number of halogens is 2. The molecule has 706 valence electrons. The van der Waals surface area contributed by atoms with Crippen molar-refractivity contribution in [3.8, 4) is 6.07 Å². The molecule has 0 aliphatic carbocycles. The molecule has 20 atom stereocenters. The standard InChI is InChI=1S/C39H49FN12O12P2S2Si.C29H42FN11O11P2S2Si.3H3N/c1-20(2)33(53)47-38-46-32-26(35(55)48-38)44-19-51(32)37-29-28(64-69(6,7)39(3,4)5)23(61-37)17-59-66(68,57-15-11-14-41)63-27-22(16-58-65(56,67)62-29)60-36(24(27)40)52-31-25(49-50-52)30(42-18-43-31)45-34(54)21-12-9-8-10-13-21;1-12(2)24(42)36-28-35-23-17(25(43)37-28)34-11-40(23)27-20-19(52-57(6,7)29(3,4)5)14(49-27)9-47-53(44,55)50-18-13(8-46-54(45,56)51-20)48-26(15(18)30)41-22-16(38-39-41)21(31)32-10-33-22;;;/h8-10,12-13,18-20,22-24,27-29,36-37H,11,15-17H2,1-7H3,(H,56,67)(H,42,43,45,54)(H2,46,47,48,53,55);10-15,18-20,26-27H,8-9H2,1-7H3,(H,44,55)(H,45,56)(H2,31,32,33)(H2,35,36,37,42,43);3*1H3/t22-,23-,24+,27-,28-,29+,36?,37-,65?,66?;13-,14-,15+,18-,19-,20+,26-,27-,53?,54?;;;/m11.../s1. The van der Waals surface area contributed by atoms with E-state index in [1.54, 1.807) is 58.0 Å². The summed E-state index contributed by atoms with van der Waals surface area (Å²) in [6.07, 6.45) is -19.5. The van der Waals surface area contributed by atoms with Gasteiger partial charge in [-0.1, -0.05) is 133 Å². The summed E-state index contributed by atoms with van der Waals surface area (Å²) in [7, 11) is -5.59. The summed E-state index contributed by atoms with van der Waals surface area (Å²) < 4.78 is 131. The molecule has 14 heterocycles. The number of H-pyrrole nitrogens is 2. The van der Waals surface area contributed by atoms with E-state index in [9.17, 15) is 43.9 Å². The molecule has 1 aromatic carbocycles. The third-order valence-corrected chi connectivity index (χ3v) is 37.8. The second-order valence-electron chi connectivity index (χ2n) is 33.3. The summed E-state index contributed by atoms with van der Waals surface area (Å²) in [6, 6.07) is 10.3. The molecule has 4 bridgehead atoms. The zero-order chi connectivity index (χ0) is 91.0. The number of carbonyl (C=O) groups is 3. The van der Waals surface area contributed by atoms with Gasteiger partial charge in [0.1, 0.15) is 93.9 Å². The number of aromatic nitrogens is 18. The molecule has 5 unspecified atom stereocenters. The average molecular weight is 2000 g/mol. The van der Waals surface area contributed by atoms with Crippen molar-refractivity contribution in [1.82, 2.24) is 107 Å². The second kappa shape index (κ2) is 39.7. The highest BCUT2D eigenvalue weighted by atomic mass is 32.5. The van der Waals surface area contributed by atoms with Gasteiger partial charge in [0.15, 0.2) is 110 Å². The number of rotatable bonds is 17. The Morgan fingerprint density at radius 3 is 1.44 bits per heavy atom. The maximum Gasteiger partial charge on any atom is 0.327 e. The number of hydrogen-bond donors (Lipinski definition) is 9. The highest BCUT2D eigenvalue weighted by Gasteiger charge is 2.58. The van der Waals surface area contributed by atoms with Crippen LogP contribution in [0, 0.1) is 23.2 Å². The molecular formula is C68H100F2N26O23P4S4Si2. The number of aromatic amines is 2. The van der Waals surface area contributed by atoms with Crippen LogP contribution in [0.5, 0.6) is 0 Å². The Morgan fingerprint density at radius 2 is 0.992 bits per heavy atom. The molecule has 0 spiro atoms. The van der Waals surface area contributed by atoms with Crippen molar-refractivity contribution < 1.29 is 106 Å². The summed E-state index contributed by atoms with van der Waals surface area (Å²) in [5, 5.41) is 32.5. The number of fused-ring (bicyclic) bond motifs is 10. The maximum absolute atomic E-state index is 17.2. The summed E-state index contributed by atoms with van der Waals surface area (Å²) >= 11 is 22.2. The Kier molecular flexibility index (Phi) is 31.4. The number of hydrogen-bond acceptors (Lipinski definition) is 41. The van der Waals surface area contributed by atoms with E-state index in [4.69, 9.17) is 121 Å². The Balaban J connectivity index is 0.000000248. The van der Waals surface area contributed by atoms with Crippen LogP contribution in [0.4, 0.5) is 32.3 Å². The lowest BCUT2D eigenvalue weighted by atomic mass is 10.1. The first-order valence-electron chi connectivity index (χ1n) is 39.1. The van der Waals surface area contributed by atoms with Gasteiger partial charge in [0.2, 0.25) is 23.7 Å². The molecule has 6 saturated heterocycles. The Bertz CT molecular complexity index is 6000. The highest BCUT2D eigenvalue weighted by molar-refractivity contribution is 8.08. The van der Waals surface area contributed by atoms with Crippen molar-refractivity contribution in [2.75, 3.05) is 54.7 Å². The first-order valence-corrected chi connectivity index (χ1v) is 55.1. The fraction of sp³-hybridized carbons (Fsp3) is 0.588. The number of nitrogens with two attached hydrogens (primary N) is 1. The molecule has 3 amide bonds. The van der Waals surface area contributed by atoms with Crippen molar-refractivity contribution >= 4 is 177 Å². The Hall–Kier alpha value is -7.37. The van der Waals surface area contributed by atoms with Gasteiger partial charge in [-0.25, -0.2) is 38.7 Å². The minimum Gasteiger partial charge on any atom is -0.780 e. The fourth-order valence-corrected chi connectivity index (χ4v) is 22.2. The molecule has 15 rings (SSSR count). The number of imidazole rings is 2. The van der Waals surface area contributed by atoms with Crippen LogP contribution in [0.25, 0.3) is 44.7 Å². The van der Waals surface area contributed by atoms with Crippen molar-refractivity contribution in [2.24, 2.45) is 11.8 Å². The van der Waals surface area contributed by atoms with Gasteiger partial charge in [-0.3, -0.25) is 58.2 Å². The Morgan fingerprint density at radius 1 is 0.581 bits per heavy atom. The van der Waals surface area contributed by atoms with Crippen LogP contribution in [0.15, 0.2) is 65.2 Å². The summed E-state index contributed by atoms with van der Waals surface area (Å²) in [6.45, 7) is 5.57. The van der Waals surface area contributed by atoms with Gasteiger partial charge < -0.3 is 108 Å². The molecule has 6 aliphatic heterocycles. The van der Waals surface area contributed by atoms with E-state index in [1.807, 2.05) is 73.8 Å². The summed E-state index contributed by atoms with van der Waals surface area (Å²) in [4.78, 5) is 146. The molecule has 0 radical (unpaired) electrons. The molecule has 49 nitrogen and oxygen atoms in total. The zero-order valence-electron chi connectivity index (χ0n) is 72.6. The Labute approximate surface area is 756 Å². The molecule has 19 N–H and O–H groups in total. The number of amides is 3. The maximum atomic E-state index is 17.2. The predicted molar refractivity (Wildman–Crippen MR) is 472 cm³/mol. The number of nitrogen functional groups attached to an aromatic ring is 1. The van der Waals surface area contributed by atoms with Crippen LogP contribution < -0.4 is 65.9 Å². The number of nitrogens with one attached hydrogen (secondary N) is 5. The van der Waals surface area contributed by atoms with Gasteiger partial charge in [0.25, 0.3) is 17.0 Å². The van der Waals surface area contributed by atoms with Gasteiger partial charge in [-0.2, -0.15) is 24.6 Å². The van der Waals surface area contributed by atoms with Crippen molar-refractivity contribution in [3.05, 3.63) is 81.9 Å². The molecule has 8 aromatic heterocycles. The lowest BCUT2D eigenvalue weighted by Crippen LogP contribution is -2.50. The number of ether oxygens (including phenoxy) is 4. The number of nitrogens with zero attached hydrogens (tertiary/aromatic N) is 17. The quantitative estimate of drug-likeness (QED) is 0.0268. The largest absolute Gasteiger partial charge is 0.780 e. The molecule has 6 fully saturated rings. The minimum atomic E-state index is -4.70. The van der Waals surface area contributed by atoms with E-state index in [0.29, 0.717) is 5.56 Å². The zero-order valence-corrected chi connectivity index (χ0v) is 81.4. The minimum absolute atomic E-state index is 0. The van der Waals surface area contributed by atoms with E-state index in [2.05, 4.69) is 86.4 Å². The van der Waals surface area contributed by atoms with Crippen LogP contribution in [0.1, 0.15) is 111 Å². The average Bonchev–Trinajstić information content (AvgIpc) is 1.60. The van der Waals surface area contributed by atoms with E-state index in [1.165, 1.54) is 21.8 Å². The lowest BCUT2D eigenvalue weighted by molar-refractivity contribution is -0.222. The SMILES string of the molecule is CC(C)C(=O)Nc1nc2c(ncn2[C@@H]2O[C@@H]3COP(=S)(OCCC#N)O[C@H]4[C@H](F)C(n5nnc6c(NC(=O)c7ccccc7)ncnc65)O[C@@H]4COP([O-])(=S)O[C@H]2[C@@H]3O[Si](C)(C)C(C)(C)C)c(=O)[nH]1.CC(C)C(=O)Nc1nc2c(ncn2[C@@H]2O[C@@H]3COP([O-])(=S)O[C@H]4[C@H](F)[C@H](n5nnc6c(N)ncnc65)O[C@@H]4COP([O-])(=S)O[C@H]2[C@@H]3O[Si](C)(C)C(C)(C)C)c(=O)[nH]1.[NH4+].[NH4+].[NH4+]. The molecule has 0 saturated carbocycles. The molecule has 129 heavy (non-hydrogen) atoms. The monoisotopic (exact) mass is 1990 g/mol. The molecular weight excluding hydrogens is 1900 g/mol. The van der Waals surface area contributed by atoms with E-state index >= 15 is 8.78 Å². The number of anilines is 4. The summed E-state index contributed by atoms with van der Waals surface area (Å²) in [5.74, 6) is -2.65. The van der Waals surface area contributed by atoms with Gasteiger partial charge in [-0.15, -0.1) is 10.2 Å². The van der Waals surface area contributed by atoms with Gasteiger partial charge in [0, 0.05) is 17.4 Å². The van der Waals surface area contributed by atoms with E-state index < -0.39 is 214 Å². The highest BCUT2D eigenvalue weighted by Crippen LogP contribution is 2.59. The number of nitriles is 1. The normalized spacial score (nSPS) is 30.0. The van der Waals surface area contributed by atoms with Crippen molar-refractivity contribution in [3.63, 3.8) is 0 Å². The van der Waals surface area contributed by atoms with E-state index in [-0.39, 0.29) is 105 Å². The van der Waals surface area contributed by atoms with Crippen LogP contribution in [0.3, 0.4) is 0 Å². The summed E-state index contributed by atoms with van der Waals surface area (Å²) in [5.41, 5.74) is 4.49. The van der Waals surface area contributed by atoms with Crippen molar-refractivity contribution in [1.29, 1.82) is 5.26 Å². The smallest absolute Gasteiger partial charge is 0.327 e. The first-order chi connectivity index (χ1) is 59.1. The number of benzene rings is 1. The molecule has 6 aliphatic rings. The predicted octanol–water partition coefficient (Wildman–Crippen LogP) is 6.45. The first kappa shape index (κ1) is 102. The van der Waals surface area contributed by atoms with Gasteiger partial charge >= 0.3 is 6.72 Å². The van der Waals surface area contributed by atoms with Crippen LogP contribution >= 0.6 is 26.9 Å². The number of alkyl halides is 2. The van der Waals surface area contributed by atoms with Gasteiger partial charge in [0.05, 0.1) is 58.2 Å². The number of quaternary nitrogens is 3. The van der Waals surface area contributed by atoms with Gasteiger partial charge in [-0.05, 0) is 60.2 Å². The topological polar surface area (TPSA) is 694 Å². The second-order valence-corrected chi connectivity index (χ2v) is 53.9. The third-order valence-electron chi connectivity index (χ3n) is 21.9. The number of carbonyl (C=O) groups excluding carboxylic acids is 3. The van der Waals surface area contributed by atoms with Crippen LogP contribution in [-0.4, -0.2) is 230 Å². The van der Waals surface area contributed by atoms with Crippen molar-refractivity contribution in [2.45, 2.75) is 210 Å². The lowest BCUT2D eigenvalue weighted by Gasteiger charge is -2.42. The van der Waals surface area contributed by atoms with Crippen LogP contribution in [0.2, 0.25) is 36.3 Å².